The SMILES string of the molecule is Cc1cc2nc(Cc3ccc(F)cc3)n(C(C)C(=O)N3CCCC3)c2cc1C. The van der Waals surface area contributed by atoms with E-state index in [9.17, 15) is 9.18 Å². The van der Waals surface area contributed by atoms with Gasteiger partial charge >= 0.3 is 0 Å². The predicted octanol–water partition coefficient (Wildman–Crippen LogP) is 4.57. The third kappa shape index (κ3) is 3.41. The third-order valence-corrected chi connectivity index (χ3v) is 5.82. The van der Waals surface area contributed by atoms with Gasteiger partial charge in [0.1, 0.15) is 17.7 Å². The molecule has 1 unspecified atom stereocenters. The van der Waals surface area contributed by atoms with Crippen molar-refractivity contribution in [1.29, 1.82) is 0 Å². The number of nitrogens with zero attached hydrogens (tertiary/aromatic N) is 3. The van der Waals surface area contributed by atoms with E-state index >= 15 is 0 Å². The number of aryl methyl sites for hydroxylation is 2. The van der Waals surface area contributed by atoms with Gasteiger partial charge in [-0.05, 0) is 74.6 Å². The van der Waals surface area contributed by atoms with E-state index in [1.165, 1.54) is 23.3 Å². The van der Waals surface area contributed by atoms with E-state index in [0.29, 0.717) is 6.42 Å². The summed E-state index contributed by atoms with van der Waals surface area (Å²) in [6.07, 6.45) is 2.71. The molecule has 5 heteroatoms. The number of rotatable bonds is 4. The number of amides is 1. The number of halogens is 1. The van der Waals surface area contributed by atoms with Crippen LogP contribution in [0.4, 0.5) is 4.39 Å². The normalized spacial score (nSPS) is 15.4. The largest absolute Gasteiger partial charge is 0.341 e. The van der Waals surface area contributed by atoms with Crippen molar-refractivity contribution in [3.63, 3.8) is 0 Å². The van der Waals surface area contributed by atoms with Crippen LogP contribution in [0.25, 0.3) is 11.0 Å². The molecule has 0 aliphatic carbocycles. The molecular formula is C23H26FN3O. The maximum Gasteiger partial charge on any atom is 0.245 e. The molecule has 0 radical (unpaired) electrons. The van der Waals surface area contributed by atoms with E-state index in [-0.39, 0.29) is 17.8 Å². The Balaban J connectivity index is 1.79. The number of benzene rings is 2. The summed E-state index contributed by atoms with van der Waals surface area (Å²) in [7, 11) is 0. The van der Waals surface area contributed by atoms with Crippen molar-refractivity contribution < 1.29 is 9.18 Å². The predicted molar refractivity (Wildman–Crippen MR) is 109 cm³/mol. The van der Waals surface area contributed by atoms with Crippen molar-refractivity contribution in [2.75, 3.05) is 13.1 Å². The summed E-state index contributed by atoms with van der Waals surface area (Å²) in [5.74, 6) is 0.739. The van der Waals surface area contributed by atoms with Gasteiger partial charge in [-0.3, -0.25) is 4.79 Å². The second-order valence-electron chi connectivity index (χ2n) is 7.83. The molecule has 2 heterocycles. The minimum absolute atomic E-state index is 0.149. The number of likely N-dealkylation sites (tertiary alicyclic amines) is 1. The van der Waals surface area contributed by atoms with E-state index in [1.54, 1.807) is 12.1 Å². The van der Waals surface area contributed by atoms with Crippen LogP contribution in [0.5, 0.6) is 0 Å². The van der Waals surface area contributed by atoms with Crippen molar-refractivity contribution in [1.82, 2.24) is 14.5 Å². The van der Waals surface area contributed by atoms with Crippen LogP contribution in [0.3, 0.4) is 0 Å². The van der Waals surface area contributed by atoms with Crippen molar-refractivity contribution >= 4 is 16.9 Å². The summed E-state index contributed by atoms with van der Waals surface area (Å²) < 4.78 is 15.4. The molecule has 0 saturated carbocycles. The Morgan fingerprint density at radius 1 is 1.11 bits per heavy atom. The molecular weight excluding hydrogens is 353 g/mol. The Hall–Kier alpha value is -2.69. The van der Waals surface area contributed by atoms with E-state index < -0.39 is 0 Å². The molecule has 1 amide bonds. The minimum atomic E-state index is -0.319. The molecule has 2 aromatic carbocycles. The molecule has 4 nitrogen and oxygen atoms in total. The number of carbonyl (C=O) groups excluding carboxylic acids is 1. The molecule has 1 atom stereocenters. The van der Waals surface area contributed by atoms with Crippen molar-refractivity contribution in [3.8, 4) is 0 Å². The molecule has 146 valence electrons. The zero-order chi connectivity index (χ0) is 19.8. The molecule has 4 rings (SSSR count). The van der Waals surface area contributed by atoms with Crippen LogP contribution in [-0.2, 0) is 11.2 Å². The lowest BCUT2D eigenvalue weighted by molar-refractivity contribution is -0.133. The van der Waals surface area contributed by atoms with Crippen molar-refractivity contribution in [2.45, 2.75) is 46.1 Å². The van der Waals surface area contributed by atoms with Gasteiger partial charge in [0.25, 0.3) is 0 Å². The Bertz CT molecular complexity index is 1020. The molecule has 3 aromatic rings. The Morgan fingerprint density at radius 2 is 1.75 bits per heavy atom. The van der Waals surface area contributed by atoms with Crippen LogP contribution in [0, 0.1) is 19.7 Å². The van der Waals surface area contributed by atoms with E-state index in [4.69, 9.17) is 4.98 Å². The summed E-state index contributed by atoms with van der Waals surface area (Å²) in [6.45, 7) is 7.79. The number of hydrogen-bond donors (Lipinski definition) is 0. The first-order chi connectivity index (χ1) is 13.4. The highest BCUT2D eigenvalue weighted by Gasteiger charge is 2.27. The highest BCUT2D eigenvalue weighted by Crippen LogP contribution is 2.27. The van der Waals surface area contributed by atoms with Gasteiger partial charge in [-0.25, -0.2) is 9.37 Å². The number of carbonyl (C=O) groups is 1. The van der Waals surface area contributed by atoms with E-state index in [2.05, 4.69) is 30.5 Å². The lowest BCUT2D eigenvalue weighted by Gasteiger charge is -2.23. The molecule has 28 heavy (non-hydrogen) atoms. The molecule has 0 spiro atoms. The highest BCUT2D eigenvalue weighted by molar-refractivity contribution is 5.85. The summed E-state index contributed by atoms with van der Waals surface area (Å²) >= 11 is 0. The zero-order valence-corrected chi connectivity index (χ0v) is 16.7. The van der Waals surface area contributed by atoms with Crippen LogP contribution >= 0.6 is 0 Å². The lowest BCUT2D eigenvalue weighted by Crippen LogP contribution is -2.34. The second-order valence-corrected chi connectivity index (χ2v) is 7.83. The smallest absolute Gasteiger partial charge is 0.245 e. The van der Waals surface area contributed by atoms with Crippen LogP contribution in [0.1, 0.15) is 48.3 Å². The summed E-state index contributed by atoms with van der Waals surface area (Å²) in [5, 5.41) is 0. The first-order valence-corrected chi connectivity index (χ1v) is 9.95. The summed E-state index contributed by atoms with van der Waals surface area (Å²) in [4.78, 5) is 19.9. The highest BCUT2D eigenvalue weighted by atomic mass is 19.1. The van der Waals surface area contributed by atoms with Gasteiger partial charge in [0.2, 0.25) is 5.91 Å². The fourth-order valence-corrected chi connectivity index (χ4v) is 4.05. The average molecular weight is 379 g/mol. The molecule has 1 saturated heterocycles. The Labute approximate surface area is 165 Å². The maximum atomic E-state index is 13.3. The average Bonchev–Trinajstić information content (AvgIpc) is 3.31. The van der Waals surface area contributed by atoms with Gasteiger partial charge in [-0.15, -0.1) is 0 Å². The fraction of sp³-hybridized carbons (Fsp3) is 0.391. The standard InChI is InChI=1S/C23H26FN3O/c1-15-12-20-21(13-16(15)2)27(17(3)23(28)26-10-4-5-11-26)22(25-20)14-18-6-8-19(24)9-7-18/h6-9,12-13,17H,4-5,10-11,14H2,1-3H3. The fourth-order valence-electron chi connectivity index (χ4n) is 4.05. The number of aromatic nitrogens is 2. The second kappa shape index (κ2) is 7.38. The van der Waals surface area contributed by atoms with Crippen molar-refractivity contribution in [3.05, 3.63) is 64.7 Å². The van der Waals surface area contributed by atoms with Gasteiger partial charge in [-0.2, -0.15) is 0 Å². The minimum Gasteiger partial charge on any atom is -0.341 e. The van der Waals surface area contributed by atoms with Crippen LogP contribution in [0.15, 0.2) is 36.4 Å². The maximum absolute atomic E-state index is 13.3. The number of fused-ring (bicyclic) bond motifs is 1. The molecule has 1 aliphatic heterocycles. The first kappa shape index (κ1) is 18.7. The lowest BCUT2D eigenvalue weighted by atomic mass is 10.1. The van der Waals surface area contributed by atoms with Gasteiger partial charge in [0, 0.05) is 19.5 Å². The third-order valence-electron chi connectivity index (χ3n) is 5.82. The van der Waals surface area contributed by atoms with Gasteiger partial charge in [0.05, 0.1) is 11.0 Å². The van der Waals surface area contributed by atoms with E-state index in [1.807, 2.05) is 11.8 Å². The summed E-state index contributed by atoms with van der Waals surface area (Å²) in [6, 6.07) is 10.4. The monoisotopic (exact) mass is 379 g/mol. The Morgan fingerprint density at radius 3 is 2.43 bits per heavy atom. The molecule has 1 aromatic heterocycles. The zero-order valence-electron chi connectivity index (χ0n) is 16.7. The van der Waals surface area contributed by atoms with Gasteiger partial charge in [0.15, 0.2) is 0 Å². The quantitative estimate of drug-likeness (QED) is 0.666. The summed E-state index contributed by atoms with van der Waals surface area (Å²) in [5.41, 5.74) is 5.24. The number of hydrogen-bond acceptors (Lipinski definition) is 2. The first-order valence-electron chi connectivity index (χ1n) is 9.95. The Kier molecular flexibility index (Phi) is 4.92. The molecule has 1 aliphatic rings. The van der Waals surface area contributed by atoms with Gasteiger partial charge in [-0.1, -0.05) is 12.1 Å². The van der Waals surface area contributed by atoms with Crippen LogP contribution in [0.2, 0.25) is 0 Å². The number of imidazole rings is 1. The topological polar surface area (TPSA) is 38.1 Å². The van der Waals surface area contributed by atoms with Crippen molar-refractivity contribution in [2.24, 2.45) is 0 Å². The molecule has 0 bridgehead atoms. The van der Waals surface area contributed by atoms with Crippen LogP contribution in [-0.4, -0.2) is 33.4 Å². The van der Waals surface area contributed by atoms with E-state index in [0.717, 1.165) is 48.4 Å². The van der Waals surface area contributed by atoms with Gasteiger partial charge < -0.3 is 9.47 Å². The van der Waals surface area contributed by atoms with Crippen LogP contribution < -0.4 is 0 Å². The molecule has 0 N–H and O–H groups in total. The molecule has 1 fully saturated rings.